The predicted octanol–water partition coefficient (Wildman–Crippen LogP) is 2.90. The molecule has 0 aliphatic heterocycles. The van der Waals surface area contributed by atoms with Crippen molar-refractivity contribution < 1.29 is 9.90 Å². The van der Waals surface area contributed by atoms with Gasteiger partial charge in [0.25, 0.3) is 0 Å². The minimum Gasteiger partial charge on any atom is -0.390 e. The number of carbonyl (C=O) groups excluding carboxylic acids is 1. The number of benzene rings is 1. The molecule has 0 unspecified atom stereocenters. The van der Waals surface area contributed by atoms with Gasteiger partial charge in [-0.2, -0.15) is 0 Å². The van der Waals surface area contributed by atoms with E-state index in [1.807, 2.05) is 0 Å². The minimum absolute atomic E-state index is 0.266. The van der Waals surface area contributed by atoms with Crippen molar-refractivity contribution in [3.8, 4) is 11.3 Å². The van der Waals surface area contributed by atoms with E-state index in [4.69, 9.17) is 28.9 Å². The molecule has 2 aromatic heterocycles. The maximum Gasteiger partial charge on any atom is 0.250 e. The Hall–Kier alpha value is -2.08. The second kappa shape index (κ2) is 5.61. The third-order valence-electron chi connectivity index (χ3n) is 3.34. The number of pyridine rings is 1. The van der Waals surface area contributed by atoms with E-state index >= 15 is 0 Å². The number of rotatable bonds is 3. The average molecular weight is 336 g/mol. The summed E-state index contributed by atoms with van der Waals surface area (Å²) in [5.74, 6) is -0.550. The van der Waals surface area contributed by atoms with E-state index in [2.05, 4.69) is 4.98 Å². The molecule has 1 amide bonds. The van der Waals surface area contributed by atoms with Gasteiger partial charge in [0, 0.05) is 16.8 Å². The third-order valence-corrected chi connectivity index (χ3v) is 3.89. The van der Waals surface area contributed by atoms with Gasteiger partial charge < -0.3 is 15.2 Å². The molecule has 1 aromatic carbocycles. The van der Waals surface area contributed by atoms with Crippen LogP contribution in [-0.4, -0.2) is 20.4 Å². The molecular weight excluding hydrogens is 325 g/mol. The van der Waals surface area contributed by atoms with Crippen molar-refractivity contribution in [1.29, 1.82) is 0 Å². The van der Waals surface area contributed by atoms with E-state index in [9.17, 15) is 9.90 Å². The molecule has 22 heavy (non-hydrogen) atoms. The quantitative estimate of drug-likeness (QED) is 0.772. The second-order valence-electron chi connectivity index (χ2n) is 4.70. The van der Waals surface area contributed by atoms with Gasteiger partial charge in [0.15, 0.2) is 0 Å². The molecule has 3 N–H and O–H groups in total. The molecule has 0 fully saturated rings. The van der Waals surface area contributed by atoms with Crippen molar-refractivity contribution in [2.45, 2.75) is 6.61 Å². The number of nitrogens with two attached hydrogens (primary N) is 1. The van der Waals surface area contributed by atoms with Crippen molar-refractivity contribution >= 4 is 34.8 Å². The molecule has 5 nitrogen and oxygen atoms in total. The molecular formula is C15H11Cl2N3O2. The lowest BCUT2D eigenvalue weighted by molar-refractivity contribution is 0.1000. The summed E-state index contributed by atoms with van der Waals surface area (Å²) >= 11 is 12.1. The van der Waals surface area contributed by atoms with Gasteiger partial charge in [-0.15, -0.1) is 0 Å². The molecule has 0 saturated heterocycles. The van der Waals surface area contributed by atoms with Gasteiger partial charge in [-0.25, -0.2) is 4.98 Å². The van der Waals surface area contributed by atoms with Gasteiger partial charge in [0.1, 0.15) is 5.65 Å². The van der Waals surface area contributed by atoms with Crippen molar-refractivity contribution in [2.75, 3.05) is 0 Å². The number of hydrogen-bond donors (Lipinski definition) is 2. The molecule has 112 valence electrons. The Labute approximate surface area is 135 Å². The number of imidazole rings is 1. The number of amides is 1. The van der Waals surface area contributed by atoms with E-state index in [0.717, 1.165) is 0 Å². The molecule has 0 spiro atoms. The number of carbonyl (C=O) groups is 1. The fraction of sp³-hybridized carbons (Fsp3) is 0.0667. The highest BCUT2D eigenvalue weighted by Gasteiger charge is 2.17. The summed E-state index contributed by atoms with van der Waals surface area (Å²) in [7, 11) is 0. The smallest absolute Gasteiger partial charge is 0.250 e. The SMILES string of the molecule is NC(=O)c1ccc2nc(-c3ccc(Cl)cc3Cl)c(CO)n2c1. The van der Waals surface area contributed by atoms with Gasteiger partial charge in [-0.05, 0) is 30.3 Å². The second-order valence-corrected chi connectivity index (χ2v) is 5.54. The van der Waals surface area contributed by atoms with Crippen LogP contribution in [0.4, 0.5) is 0 Å². The highest BCUT2D eigenvalue weighted by atomic mass is 35.5. The van der Waals surface area contributed by atoms with Crippen LogP contribution in [0.25, 0.3) is 16.9 Å². The summed E-state index contributed by atoms with van der Waals surface area (Å²) < 4.78 is 1.63. The van der Waals surface area contributed by atoms with E-state index < -0.39 is 5.91 Å². The summed E-state index contributed by atoms with van der Waals surface area (Å²) in [5, 5.41) is 10.6. The lowest BCUT2D eigenvalue weighted by atomic mass is 10.1. The van der Waals surface area contributed by atoms with Crippen LogP contribution in [0.1, 0.15) is 16.1 Å². The normalized spacial score (nSPS) is 11.0. The summed E-state index contributed by atoms with van der Waals surface area (Å²) in [6, 6.07) is 8.29. The van der Waals surface area contributed by atoms with E-state index in [0.29, 0.717) is 38.2 Å². The first-order chi connectivity index (χ1) is 10.5. The fourth-order valence-corrected chi connectivity index (χ4v) is 2.79. The highest BCUT2D eigenvalue weighted by molar-refractivity contribution is 6.36. The topological polar surface area (TPSA) is 80.6 Å². The van der Waals surface area contributed by atoms with E-state index in [-0.39, 0.29) is 6.61 Å². The van der Waals surface area contributed by atoms with Crippen LogP contribution in [0.2, 0.25) is 10.0 Å². The Morgan fingerprint density at radius 2 is 2.05 bits per heavy atom. The van der Waals surface area contributed by atoms with Crippen LogP contribution in [0.5, 0.6) is 0 Å². The molecule has 0 saturated carbocycles. The minimum atomic E-state index is -0.550. The van der Waals surface area contributed by atoms with Crippen LogP contribution in [0.15, 0.2) is 36.5 Å². The van der Waals surface area contributed by atoms with Crippen LogP contribution in [-0.2, 0) is 6.61 Å². The summed E-state index contributed by atoms with van der Waals surface area (Å²) in [6.45, 7) is -0.266. The molecule has 0 aliphatic carbocycles. The number of hydrogen-bond acceptors (Lipinski definition) is 3. The largest absolute Gasteiger partial charge is 0.390 e. The molecule has 3 aromatic rings. The molecule has 7 heteroatoms. The van der Waals surface area contributed by atoms with Gasteiger partial charge in [-0.3, -0.25) is 4.79 Å². The van der Waals surface area contributed by atoms with Crippen molar-refractivity contribution in [1.82, 2.24) is 9.38 Å². The van der Waals surface area contributed by atoms with Crippen molar-refractivity contribution in [3.05, 3.63) is 57.8 Å². The molecule has 3 rings (SSSR count). The maximum atomic E-state index is 11.3. The number of aromatic nitrogens is 2. The standard InChI is InChI=1S/C15H11Cl2N3O2/c16-9-2-3-10(11(17)5-9)14-12(7-21)20-6-8(15(18)22)1-4-13(20)19-14/h1-6,21H,7H2,(H2,18,22). The van der Waals surface area contributed by atoms with Gasteiger partial charge in [0.05, 0.1) is 28.6 Å². The van der Waals surface area contributed by atoms with Crippen LogP contribution < -0.4 is 5.73 Å². The first kappa shape index (κ1) is 14.8. The van der Waals surface area contributed by atoms with Crippen LogP contribution >= 0.6 is 23.2 Å². The predicted molar refractivity (Wildman–Crippen MR) is 85.1 cm³/mol. The van der Waals surface area contributed by atoms with Crippen molar-refractivity contribution in [3.63, 3.8) is 0 Å². The first-order valence-electron chi connectivity index (χ1n) is 6.38. The Bertz CT molecular complexity index is 890. The Kier molecular flexibility index (Phi) is 3.78. The highest BCUT2D eigenvalue weighted by Crippen LogP contribution is 2.32. The number of aliphatic hydroxyl groups is 1. The number of fused-ring (bicyclic) bond motifs is 1. The number of aliphatic hydroxyl groups excluding tert-OH is 1. The molecule has 0 atom stereocenters. The Morgan fingerprint density at radius 1 is 1.27 bits per heavy atom. The number of halogens is 2. The summed E-state index contributed by atoms with van der Waals surface area (Å²) in [4.78, 5) is 15.8. The maximum absolute atomic E-state index is 11.3. The summed E-state index contributed by atoms with van der Waals surface area (Å²) in [6.07, 6.45) is 1.55. The molecule has 2 heterocycles. The average Bonchev–Trinajstić information content (AvgIpc) is 2.84. The lowest BCUT2D eigenvalue weighted by Gasteiger charge is -2.05. The van der Waals surface area contributed by atoms with Crippen molar-refractivity contribution in [2.24, 2.45) is 5.73 Å². The Morgan fingerprint density at radius 3 is 2.68 bits per heavy atom. The first-order valence-corrected chi connectivity index (χ1v) is 7.14. The summed E-state index contributed by atoms with van der Waals surface area (Å²) in [5.41, 5.74) is 7.89. The molecule has 0 aliphatic rings. The monoisotopic (exact) mass is 335 g/mol. The van der Waals surface area contributed by atoms with Gasteiger partial charge >= 0.3 is 0 Å². The van der Waals surface area contributed by atoms with E-state index in [1.165, 1.54) is 0 Å². The van der Waals surface area contributed by atoms with Gasteiger partial charge in [0.2, 0.25) is 5.91 Å². The van der Waals surface area contributed by atoms with Gasteiger partial charge in [-0.1, -0.05) is 23.2 Å². The zero-order valence-corrected chi connectivity index (χ0v) is 12.8. The van der Waals surface area contributed by atoms with Crippen LogP contribution in [0.3, 0.4) is 0 Å². The third kappa shape index (κ3) is 2.43. The zero-order valence-electron chi connectivity index (χ0n) is 11.3. The number of primary amides is 1. The van der Waals surface area contributed by atoms with E-state index in [1.54, 1.807) is 40.9 Å². The lowest BCUT2D eigenvalue weighted by Crippen LogP contribution is -2.12. The fourth-order valence-electron chi connectivity index (χ4n) is 2.29. The number of nitrogens with zero attached hydrogens (tertiary/aromatic N) is 2. The molecule has 0 bridgehead atoms. The molecule has 0 radical (unpaired) electrons. The zero-order chi connectivity index (χ0) is 15.9. The van der Waals surface area contributed by atoms with Crippen LogP contribution in [0, 0.1) is 0 Å². The Balaban J connectivity index is 2.28.